The van der Waals surface area contributed by atoms with Crippen molar-refractivity contribution in [3.63, 3.8) is 0 Å². The summed E-state index contributed by atoms with van der Waals surface area (Å²) in [7, 11) is -1.87. The number of nitrogens with one attached hydrogen (secondary N) is 1. The number of thioether (sulfide) groups is 1. The van der Waals surface area contributed by atoms with Crippen LogP contribution >= 0.6 is 11.8 Å². The average molecular weight is 414 g/mol. The summed E-state index contributed by atoms with van der Waals surface area (Å²) in [6.45, 7) is 6.55. The zero-order valence-electron chi connectivity index (χ0n) is 16.6. The first-order valence-electron chi connectivity index (χ1n) is 9.60. The molecule has 1 aromatic rings. The predicted octanol–water partition coefficient (Wildman–Crippen LogP) is 3.29. The molecule has 0 aliphatic heterocycles. The van der Waals surface area contributed by atoms with Crippen molar-refractivity contribution < 1.29 is 13.2 Å². The van der Waals surface area contributed by atoms with Gasteiger partial charge in [-0.3, -0.25) is 4.79 Å². The van der Waals surface area contributed by atoms with E-state index in [0.717, 1.165) is 25.7 Å². The first-order chi connectivity index (χ1) is 12.7. The second kappa shape index (κ2) is 9.89. The first kappa shape index (κ1) is 22.2. The third kappa shape index (κ3) is 6.19. The average Bonchev–Trinajstić information content (AvgIpc) is 2.66. The van der Waals surface area contributed by atoms with Crippen LogP contribution in [0.25, 0.3) is 0 Å². The van der Waals surface area contributed by atoms with Crippen LogP contribution in [0.5, 0.6) is 0 Å². The molecular formula is C19H31N3O3S2. The second-order valence-corrected chi connectivity index (χ2v) is 10.9. The van der Waals surface area contributed by atoms with Gasteiger partial charge in [-0.2, -0.15) is 4.31 Å². The van der Waals surface area contributed by atoms with E-state index in [9.17, 15) is 13.2 Å². The standard InChI is InChI=1S/C19H31N3O3S2/c1-14(2)12-21-19(23)15(3)26-18-11-10-17(13-20-18)27(24,25)22(4)16-8-6-5-7-9-16/h10-11,13-16H,5-9,12H2,1-4H3,(H,21,23). The SMILES string of the molecule is CC(C)CNC(=O)C(C)Sc1ccc(S(=O)(=O)N(C)C2CCCCC2)cn1. The van der Waals surface area contributed by atoms with E-state index in [1.807, 2.05) is 20.8 Å². The van der Waals surface area contributed by atoms with E-state index in [1.165, 1.54) is 28.7 Å². The van der Waals surface area contributed by atoms with Gasteiger partial charge in [-0.15, -0.1) is 0 Å². The van der Waals surface area contributed by atoms with E-state index in [1.54, 1.807) is 19.2 Å². The number of hydrogen-bond acceptors (Lipinski definition) is 5. The minimum Gasteiger partial charge on any atom is -0.355 e. The normalized spacial score (nSPS) is 17.3. The van der Waals surface area contributed by atoms with E-state index < -0.39 is 10.0 Å². The van der Waals surface area contributed by atoms with Crippen LogP contribution in [0.15, 0.2) is 28.3 Å². The molecule has 0 bridgehead atoms. The molecule has 1 atom stereocenters. The van der Waals surface area contributed by atoms with Crippen molar-refractivity contribution in [3.8, 4) is 0 Å². The molecule has 0 spiro atoms. The van der Waals surface area contributed by atoms with Gasteiger partial charge >= 0.3 is 0 Å². The summed E-state index contributed by atoms with van der Waals surface area (Å²) in [5.74, 6) is 0.360. The van der Waals surface area contributed by atoms with Gasteiger partial charge in [0, 0.05) is 25.8 Å². The summed E-state index contributed by atoms with van der Waals surface area (Å²) >= 11 is 1.33. The van der Waals surface area contributed by atoms with E-state index in [4.69, 9.17) is 0 Å². The summed E-state index contributed by atoms with van der Waals surface area (Å²) in [4.78, 5) is 16.6. The molecule has 1 aliphatic rings. The van der Waals surface area contributed by atoms with Crippen LogP contribution in [0.1, 0.15) is 52.9 Å². The number of sulfonamides is 1. The molecule has 1 amide bonds. The number of carbonyl (C=O) groups excluding carboxylic acids is 1. The van der Waals surface area contributed by atoms with E-state index >= 15 is 0 Å². The maximum absolute atomic E-state index is 12.8. The van der Waals surface area contributed by atoms with Crippen molar-refractivity contribution in [2.75, 3.05) is 13.6 Å². The molecule has 1 heterocycles. The van der Waals surface area contributed by atoms with Crippen LogP contribution in [0, 0.1) is 5.92 Å². The molecule has 27 heavy (non-hydrogen) atoms. The summed E-state index contributed by atoms with van der Waals surface area (Å²) < 4.78 is 27.2. The zero-order valence-corrected chi connectivity index (χ0v) is 18.3. The number of aromatic nitrogens is 1. The number of hydrogen-bond donors (Lipinski definition) is 1. The lowest BCUT2D eigenvalue weighted by Crippen LogP contribution is -2.38. The molecule has 0 radical (unpaired) electrons. The number of carbonyl (C=O) groups is 1. The zero-order chi connectivity index (χ0) is 20.0. The Morgan fingerprint density at radius 3 is 2.48 bits per heavy atom. The fourth-order valence-corrected chi connectivity index (χ4v) is 5.25. The van der Waals surface area contributed by atoms with Gasteiger partial charge in [0.2, 0.25) is 15.9 Å². The van der Waals surface area contributed by atoms with Crippen LogP contribution in [0.3, 0.4) is 0 Å². The molecule has 152 valence electrons. The molecule has 1 aromatic heterocycles. The van der Waals surface area contributed by atoms with Gasteiger partial charge in [0.05, 0.1) is 10.3 Å². The maximum atomic E-state index is 12.8. The molecule has 1 saturated carbocycles. The molecule has 1 aliphatic carbocycles. The molecule has 1 unspecified atom stereocenters. The Bertz CT molecular complexity index is 714. The highest BCUT2D eigenvalue weighted by molar-refractivity contribution is 8.00. The van der Waals surface area contributed by atoms with E-state index in [0.29, 0.717) is 17.5 Å². The van der Waals surface area contributed by atoms with Crippen molar-refractivity contribution >= 4 is 27.7 Å². The Morgan fingerprint density at radius 2 is 1.93 bits per heavy atom. The van der Waals surface area contributed by atoms with Gasteiger partial charge in [0.1, 0.15) is 4.90 Å². The fourth-order valence-electron chi connectivity index (χ4n) is 3.08. The lowest BCUT2D eigenvalue weighted by molar-refractivity contribution is -0.120. The third-order valence-electron chi connectivity index (χ3n) is 4.83. The van der Waals surface area contributed by atoms with Gasteiger partial charge < -0.3 is 5.32 Å². The van der Waals surface area contributed by atoms with Crippen molar-refractivity contribution in [1.29, 1.82) is 0 Å². The summed E-state index contributed by atoms with van der Waals surface area (Å²) in [6.07, 6.45) is 6.57. The largest absolute Gasteiger partial charge is 0.355 e. The Kier molecular flexibility index (Phi) is 8.12. The van der Waals surface area contributed by atoms with Crippen LogP contribution in [-0.2, 0) is 14.8 Å². The third-order valence-corrected chi connectivity index (χ3v) is 7.77. The quantitative estimate of drug-likeness (QED) is 0.662. The molecule has 8 heteroatoms. The Labute approximate surface area is 167 Å². The molecule has 6 nitrogen and oxygen atoms in total. The van der Waals surface area contributed by atoms with Crippen LogP contribution in [-0.4, -0.2) is 48.5 Å². The van der Waals surface area contributed by atoms with Crippen molar-refractivity contribution in [1.82, 2.24) is 14.6 Å². The summed E-state index contributed by atoms with van der Waals surface area (Å²) in [6, 6.07) is 3.34. The fraction of sp³-hybridized carbons (Fsp3) is 0.684. The monoisotopic (exact) mass is 413 g/mol. The van der Waals surface area contributed by atoms with Crippen molar-refractivity contribution in [3.05, 3.63) is 18.3 Å². The minimum atomic E-state index is -3.54. The van der Waals surface area contributed by atoms with Crippen LogP contribution < -0.4 is 5.32 Å². The van der Waals surface area contributed by atoms with Crippen molar-refractivity contribution in [2.24, 2.45) is 5.92 Å². The summed E-state index contributed by atoms with van der Waals surface area (Å²) in [5, 5.41) is 3.25. The number of nitrogens with zero attached hydrogens (tertiary/aromatic N) is 2. The number of amides is 1. The van der Waals surface area contributed by atoms with Gasteiger partial charge in [-0.05, 0) is 37.8 Å². The number of pyridine rings is 1. The minimum absolute atomic E-state index is 0.0378. The lowest BCUT2D eigenvalue weighted by atomic mass is 9.96. The van der Waals surface area contributed by atoms with Crippen molar-refractivity contribution in [2.45, 2.75) is 74.1 Å². The van der Waals surface area contributed by atoms with E-state index in [-0.39, 0.29) is 22.1 Å². The summed E-state index contributed by atoms with van der Waals surface area (Å²) in [5.41, 5.74) is 0. The number of rotatable bonds is 8. The van der Waals surface area contributed by atoms with Crippen LogP contribution in [0.2, 0.25) is 0 Å². The molecule has 1 N–H and O–H groups in total. The Balaban J connectivity index is 2.00. The molecule has 1 fully saturated rings. The van der Waals surface area contributed by atoms with Gasteiger partial charge in [0.25, 0.3) is 0 Å². The molecule has 0 aromatic carbocycles. The first-order valence-corrected chi connectivity index (χ1v) is 11.9. The molecule has 2 rings (SSSR count). The van der Waals surface area contributed by atoms with Gasteiger partial charge in [-0.25, -0.2) is 13.4 Å². The molecular weight excluding hydrogens is 382 g/mol. The highest BCUT2D eigenvalue weighted by atomic mass is 32.2. The van der Waals surface area contributed by atoms with Gasteiger partial charge in [-0.1, -0.05) is 44.9 Å². The van der Waals surface area contributed by atoms with Gasteiger partial charge in [0.15, 0.2) is 0 Å². The second-order valence-electron chi connectivity index (χ2n) is 7.54. The maximum Gasteiger partial charge on any atom is 0.244 e. The Hall–Kier alpha value is -1.12. The predicted molar refractivity (Wildman–Crippen MR) is 109 cm³/mol. The Morgan fingerprint density at radius 1 is 1.26 bits per heavy atom. The van der Waals surface area contributed by atoms with Crippen LogP contribution in [0.4, 0.5) is 0 Å². The van der Waals surface area contributed by atoms with E-state index in [2.05, 4.69) is 10.3 Å². The smallest absolute Gasteiger partial charge is 0.244 e. The highest BCUT2D eigenvalue weighted by Crippen LogP contribution is 2.27. The molecule has 0 saturated heterocycles. The lowest BCUT2D eigenvalue weighted by Gasteiger charge is -2.30. The highest BCUT2D eigenvalue weighted by Gasteiger charge is 2.29. The topological polar surface area (TPSA) is 79.4 Å².